The molecule has 20 heavy (non-hydrogen) atoms. The summed E-state index contributed by atoms with van der Waals surface area (Å²) in [6.07, 6.45) is 1.35. The van der Waals surface area contributed by atoms with Crippen LogP contribution < -0.4 is 11.1 Å². The quantitative estimate of drug-likeness (QED) is 0.846. The van der Waals surface area contributed by atoms with Gasteiger partial charge in [0, 0.05) is 11.6 Å². The van der Waals surface area contributed by atoms with E-state index >= 15 is 0 Å². The second-order valence-electron chi connectivity index (χ2n) is 5.05. The number of hydrogen-bond acceptors (Lipinski definition) is 2. The topological polar surface area (TPSA) is 55.1 Å². The maximum atomic E-state index is 13.0. The fraction of sp³-hybridized carbons (Fsp3) is 0.533. The molecule has 1 atom stereocenters. The Kier molecular flexibility index (Phi) is 5.96. The number of halogens is 2. The Balaban J connectivity index is 2.89. The number of rotatable bonds is 6. The zero-order chi connectivity index (χ0) is 15.3. The lowest BCUT2D eigenvalue weighted by molar-refractivity contribution is -0.131. The van der Waals surface area contributed by atoms with E-state index in [1.165, 1.54) is 12.1 Å². The molecule has 5 heteroatoms. The fourth-order valence-electron chi connectivity index (χ4n) is 2.23. The van der Waals surface area contributed by atoms with E-state index in [4.69, 9.17) is 17.3 Å². The summed E-state index contributed by atoms with van der Waals surface area (Å²) in [5, 5.41) is 3.23. The van der Waals surface area contributed by atoms with Crippen molar-refractivity contribution in [3.8, 4) is 0 Å². The van der Waals surface area contributed by atoms with E-state index in [2.05, 4.69) is 5.32 Å². The summed E-state index contributed by atoms with van der Waals surface area (Å²) in [6.45, 7) is 6.02. The molecule has 0 saturated carbocycles. The molecule has 0 bridgehead atoms. The molecule has 0 fully saturated rings. The number of carbonyl (C=O) groups is 1. The Labute approximate surface area is 124 Å². The summed E-state index contributed by atoms with van der Waals surface area (Å²) in [4.78, 5) is 12.4. The largest absolute Gasteiger partial charge is 0.349 e. The highest BCUT2D eigenvalue weighted by atomic mass is 35.5. The summed E-state index contributed by atoms with van der Waals surface area (Å²) >= 11 is 6.01. The lowest BCUT2D eigenvalue weighted by Crippen LogP contribution is -2.46. The zero-order valence-corrected chi connectivity index (χ0v) is 12.9. The van der Waals surface area contributed by atoms with E-state index in [1.807, 2.05) is 20.8 Å². The van der Waals surface area contributed by atoms with Gasteiger partial charge in [0.2, 0.25) is 5.91 Å². The smallest absolute Gasteiger partial charge is 0.227 e. The molecule has 112 valence electrons. The summed E-state index contributed by atoms with van der Waals surface area (Å²) < 4.78 is 13.0. The second kappa shape index (κ2) is 7.04. The van der Waals surface area contributed by atoms with Gasteiger partial charge in [-0.2, -0.15) is 0 Å². The molecule has 3 N–H and O–H groups in total. The molecule has 0 aliphatic carbocycles. The minimum Gasteiger partial charge on any atom is -0.349 e. The molecule has 1 unspecified atom stereocenters. The van der Waals surface area contributed by atoms with Gasteiger partial charge >= 0.3 is 0 Å². The van der Waals surface area contributed by atoms with Gasteiger partial charge in [-0.3, -0.25) is 4.79 Å². The molecule has 0 heterocycles. The maximum Gasteiger partial charge on any atom is 0.227 e. The summed E-state index contributed by atoms with van der Waals surface area (Å²) in [5.41, 5.74) is 5.90. The average molecular weight is 301 g/mol. The molecule has 1 rings (SSSR count). The first-order chi connectivity index (χ1) is 9.40. The van der Waals surface area contributed by atoms with Crippen LogP contribution in [0, 0.1) is 11.2 Å². The third-order valence-electron chi connectivity index (χ3n) is 4.00. The zero-order valence-electron chi connectivity index (χ0n) is 12.2. The van der Waals surface area contributed by atoms with Gasteiger partial charge in [-0.05, 0) is 37.5 Å². The molecule has 0 spiro atoms. The van der Waals surface area contributed by atoms with Crippen LogP contribution in [-0.4, -0.2) is 12.5 Å². The molecule has 1 amide bonds. The van der Waals surface area contributed by atoms with Crippen molar-refractivity contribution < 1.29 is 9.18 Å². The van der Waals surface area contributed by atoms with Crippen LogP contribution in [-0.2, 0) is 4.79 Å². The lowest BCUT2D eigenvalue weighted by atomic mass is 9.81. The van der Waals surface area contributed by atoms with Crippen LogP contribution >= 0.6 is 11.6 Å². The molecule has 0 aliphatic rings. The van der Waals surface area contributed by atoms with E-state index in [9.17, 15) is 9.18 Å². The number of nitrogens with two attached hydrogens (primary N) is 1. The molecule has 0 radical (unpaired) electrons. The highest BCUT2D eigenvalue weighted by Gasteiger charge is 2.34. The van der Waals surface area contributed by atoms with Crippen molar-refractivity contribution in [1.29, 1.82) is 0 Å². The van der Waals surface area contributed by atoms with Crippen LogP contribution in [0.2, 0.25) is 5.02 Å². The van der Waals surface area contributed by atoms with Crippen LogP contribution in [0.1, 0.15) is 45.2 Å². The predicted molar refractivity (Wildman–Crippen MR) is 80.0 cm³/mol. The Morgan fingerprint density at radius 2 is 2.05 bits per heavy atom. The van der Waals surface area contributed by atoms with Gasteiger partial charge in [0.1, 0.15) is 5.82 Å². The first-order valence-electron chi connectivity index (χ1n) is 6.86. The maximum absolute atomic E-state index is 13.0. The fourth-order valence-corrected chi connectivity index (χ4v) is 2.56. The van der Waals surface area contributed by atoms with Crippen molar-refractivity contribution in [3.05, 3.63) is 34.6 Å². The van der Waals surface area contributed by atoms with Crippen molar-refractivity contribution in [1.82, 2.24) is 5.32 Å². The minimum atomic E-state index is -0.555. The molecule has 3 nitrogen and oxygen atoms in total. The molecule has 1 aromatic rings. The van der Waals surface area contributed by atoms with Crippen LogP contribution in [0.4, 0.5) is 4.39 Å². The van der Waals surface area contributed by atoms with Crippen LogP contribution in [0.3, 0.4) is 0 Å². The average Bonchev–Trinajstić information content (AvgIpc) is 2.41. The third-order valence-corrected chi connectivity index (χ3v) is 4.33. The van der Waals surface area contributed by atoms with E-state index < -0.39 is 11.2 Å². The first-order valence-corrected chi connectivity index (χ1v) is 7.24. The highest BCUT2D eigenvalue weighted by molar-refractivity contribution is 6.31. The van der Waals surface area contributed by atoms with Crippen LogP contribution in [0.15, 0.2) is 18.2 Å². The number of amides is 1. The van der Waals surface area contributed by atoms with Crippen molar-refractivity contribution in [2.24, 2.45) is 11.1 Å². The number of benzene rings is 1. The van der Waals surface area contributed by atoms with Gasteiger partial charge in [-0.1, -0.05) is 31.5 Å². The lowest BCUT2D eigenvalue weighted by Gasteiger charge is -2.30. The third kappa shape index (κ3) is 3.49. The Morgan fingerprint density at radius 1 is 1.45 bits per heavy atom. The Hall–Kier alpha value is -1.13. The Bertz CT molecular complexity index is 467. The number of nitrogens with one attached hydrogen (secondary N) is 1. The van der Waals surface area contributed by atoms with E-state index in [-0.39, 0.29) is 11.9 Å². The van der Waals surface area contributed by atoms with Gasteiger partial charge in [0.05, 0.1) is 11.5 Å². The second-order valence-corrected chi connectivity index (χ2v) is 5.46. The normalized spacial score (nSPS) is 13.1. The minimum absolute atomic E-state index is 0.0853. The van der Waals surface area contributed by atoms with Crippen LogP contribution in [0.5, 0.6) is 0 Å². The van der Waals surface area contributed by atoms with Gasteiger partial charge in [-0.25, -0.2) is 4.39 Å². The van der Waals surface area contributed by atoms with Crippen molar-refractivity contribution >= 4 is 17.5 Å². The molecular formula is C15H22ClFN2O. The summed E-state index contributed by atoms with van der Waals surface area (Å²) in [6, 6.07) is 3.87. The van der Waals surface area contributed by atoms with Crippen molar-refractivity contribution in [2.75, 3.05) is 6.54 Å². The van der Waals surface area contributed by atoms with Crippen molar-refractivity contribution in [2.45, 2.75) is 39.7 Å². The highest BCUT2D eigenvalue weighted by Crippen LogP contribution is 2.28. The van der Waals surface area contributed by atoms with Gasteiger partial charge in [0.25, 0.3) is 0 Å². The number of hydrogen-bond donors (Lipinski definition) is 2. The van der Waals surface area contributed by atoms with E-state index in [0.717, 1.165) is 0 Å². The molecule has 0 aromatic heterocycles. The van der Waals surface area contributed by atoms with E-state index in [1.54, 1.807) is 6.07 Å². The SMILES string of the molecule is CCC(CC)(CN)C(=O)NC(C)c1ccc(F)cc1Cl. The number of carbonyl (C=O) groups excluding carboxylic acids is 1. The molecule has 0 aliphatic heterocycles. The van der Waals surface area contributed by atoms with Crippen LogP contribution in [0.25, 0.3) is 0 Å². The molecule has 0 saturated heterocycles. The van der Waals surface area contributed by atoms with E-state index in [0.29, 0.717) is 30.0 Å². The first kappa shape index (κ1) is 16.9. The summed E-state index contributed by atoms with van der Waals surface area (Å²) in [5.74, 6) is -0.478. The van der Waals surface area contributed by atoms with Gasteiger partial charge in [-0.15, -0.1) is 0 Å². The van der Waals surface area contributed by atoms with Gasteiger partial charge in [0.15, 0.2) is 0 Å². The standard InChI is InChI=1S/C15H22ClFN2O/c1-4-15(5-2,9-18)14(20)19-10(3)12-7-6-11(17)8-13(12)16/h6-8,10H,4-5,9,18H2,1-3H3,(H,19,20). The molecular weight excluding hydrogens is 279 g/mol. The van der Waals surface area contributed by atoms with Crippen molar-refractivity contribution in [3.63, 3.8) is 0 Å². The van der Waals surface area contributed by atoms with Gasteiger partial charge < -0.3 is 11.1 Å². The molecule has 1 aromatic carbocycles. The summed E-state index contributed by atoms with van der Waals surface area (Å²) in [7, 11) is 0. The predicted octanol–water partition coefficient (Wildman–Crippen LogP) is 3.42. The Morgan fingerprint density at radius 3 is 2.50 bits per heavy atom. The monoisotopic (exact) mass is 300 g/mol.